The molecule has 6 aromatic carbocycles. The molecule has 0 N–H and O–H groups in total. The molecule has 0 spiro atoms. The number of hydrogen-bond acceptors (Lipinski definition) is 3. The summed E-state index contributed by atoms with van der Waals surface area (Å²) < 4.78 is 47.2. The number of benzene rings is 6. The van der Waals surface area contributed by atoms with E-state index in [-0.39, 0.29) is 31.2 Å². The number of rotatable bonds is 6. The number of aryl methyl sites for hydroxylation is 3. The van der Waals surface area contributed by atoms with Crippen LogP contribution in [0.25, 0.3) is 71.7 Å². The summed E-state index contributed by atoms with van der Waals surface area (Å²) >= 11 is 1.67. The smallest absolute Gasteiger partial charge is 0.0774 e. The minimum absolute atomic E-state index is 0. The van der Waals surface area contributed by atoms with E-state index >= 15 is 0 Å². The van der Waals surface area contributed by atoms with Crippen LogP contribution in [-0.2, 0) is 20.1 Å². The van der Waals surface area contributed by atoms with Gasteiger partial charge in [-0.15, -0.1) is 46.8 Å². The molecule has 5 heteroatoms. The van der Waals surface area contributed by atoms with Crippen molar-refractivity contribution >= 4 is 32.5 Å². The predicted octanol–water partition coefficient (Wildman–Crippen LogP) is 13.6. The molecule has 9 aromatic rings. The second kappa shape index (κ2) is 16.5. The van der Waals surface area contributed by atoms with Crippen molar-refractivity contribution in [1.29, 1.82) is 0 Å². The van der Waals surface area contributed by atoms with Gasteiger partial charge in [-0.25, -0.2) is 0 Å². The zero-order valence-electron chi connectivity index (χ0n) is 36.6. The number of para-hydroxylation sites is 2. The molecule has 9 rings (SSSR count). The summed E-state index contributed by atoms with van der Waals surface area (Å²) in [7, 11) is 0. The number of imidazole rings is 1. The van der Waals surface area contributed by atoms with Crippen LogP contribution < -0.4 is 0 Å². The molecule has 3 heterocycles. The fourth-order valence-electron chi connectivity index (χ4n) is 6.77. The zero-order chi connectivity index (χ0) is 42.2. The molecule has 0 aliphatic carbocycles. The molecule has 0 atom stereocenters. The Hall–Kier alpha value is -5.45. The third kappa shape index (κ3) is 7.88. The minimum Gasteiger partial charge on any atom is -0.332 e. The van der Waals surface area contributed by atoms with E-state index in [0.717, 1.165) is 28.1 Å². The van der Waals surface area contributed by atoms with E-state index < -0.39 is 13.7 Å². The summed E-state index contributed by atoms with van der Waals surface area (Å²) in [5, 5.41) is 4.87. The number of fused-ring (bicyclic) bond motifs is 2. The Labute approximate surface area is 350 Å². The first-order valence-electron chi connectivity index (χ1n) is 20.9. The maximum absolute atomic E-state index is 7.28. The molecule has 0 aliphatic rings. The first kappa shape index (κ1) is 30.8. The molecule has 0 saturated heterocycles. The van der Waals surface area contributed by atoms with E-state index in [9.17, 15) is 0 Å². The quantitative estimate of drug-likeness (QED) is 0.156. The molecule has 0 bridgehead atoms. The summed E-state index contributed by atoms with van der Waals surface area (Å²) in [6.07, 6.45) is 1.30. The minimum atomic E-state index is -2.18. The molecule has 0 unspecified atom stereocenters. The average molecular weight is 914 g/mol. The fourth-order valence-corrected chi connectivity index (χ4v) is 7.59. The molecule has 0 fully saturated rings. The monoisotopic (exact) mass is 914 g/mol. The van der Waals surface area contributed by atoms with E-state index in [1.807, 2.05) is 0 Å². The third-order valence-corrected chi connectivity index (χ3v) is 10.4. The van der Waals surface area contributed by atoms with Crippen molar-refractivity contribution in [3.8, 4) is 50.6 Å². The molecule has 1 radical (unpaired) electrons. The number of hydrogen-bond donors (Lipinski definition) is 0. The first-order chi connectivity index (χ1) is 28.8. The second-order valence-electron chi connectivity index (χ2n) is 13.6. The van der Waals surface area contributed by atoms with Gasteiger partial charge in [-0.05, 0) is 71.9 Å². The fraction of sp³-hybridized carbons (Fsp3) is 0.120. The van der Waals surface area contributed by atoms with Gasteiger partial charge in [-0.2, -0.15) is 0 Å². The van der Waals surface area contributed by atoms with Crippen LogP contribution in [-0.4, -0.2) is 14.5 Å². The van der Waals surface area contributed by atoms with Gasteiger partial charge in [0.05, 0.1) is 22.5 Å². The summed E-state index contributed by atoms with van der Waals surface area (Å²) in [6.45, 7) is 2.34. The van der Waals surface area contributed by atoms with E-state index in [1.165, 1.54) is 67.9 Å². The molecule has 0 saturated carbocycles. The summed E-state index contributed by atoms with van der Waals surface area (Å²) in [6, 6.07) is 51.8. The van der Waals surface area contributed by atoms with Gasteiger partial charge in [0, 0.05) is 45.7 Å². The van der Waals surface area contributed by atoms with Crippen LogP contribution in [0.3, 0.4) is 0 Å². The number of aromatic nitrogens is 3. The average Bonchev–Trinajstić information content (AvgIpc) is 3.85. The van der Waals surface area contributed by atoms with Crippen molar-refractivity contribution in [2.45, 2.75) is 40.4 Å². The standard InChI is InChI=1S/C37H29N2S.C13H12N.Ir/c1-24(2)28-18-19-35-31(22-28)32(23-40-35)37-38-33-16-10-11-17-34(33)39(37)36-29(26-12-6-4-7-13-26)20-25(3)21-30(36)27-14-8-5-9-15-27;1-10-3-6-12(7-4-10)13-8-5-11(2)9-14-13;/h4-22,24H,1-3H3;3-6,8-9H,1-2H3;/q2*-1;/i;1D3,2D3;. The van der Waals surface area contributed by atoms with Gasteiger partial charge in [-0.1, -0.05) is 139 Å². The number of pyridine rings is 1. The predicted molar refractivity (Wildman–Crippen MR) is 228 cm³/mol. The Morgan fingerprint density at radius 2 is 1.38 bits per heavy atom. The van der Waals surface area contributed by atoms with Crippen LogP contribution in [0.15, 0.2) is 152 Å². The van der Waals surface area contributed by atoms with Crippen molar-refractivity contribution in [1.82, 2.24) is 14.5 Å². The van der Waals surface area contributed by atoms with Crippen LogP contribution in [0.1, 0.15) is 50.2 Å². The van der Waals surface area contributed by atoms with Gasteiger partial charge in [-0.3, -0.25) is 16.3 Å². The van der Waals surface area contributed by atoms with Crippen LogP contribution in [0.5, 0.6) is 0 Å². The van der Waals surface area contributed by atoms with Gasteiger partial charge in [0.25, 0.3) is 0 Å². The van der Waals surface area contributed by atoms with Gasteiger partial charge < -0.3 is 9.55 Å². The third-order valence-electron chi connectivity index (χ3n) is 9.49. The molecular weight excluding hydrogens is 867 g/mol. The topological polar surface area (TPSA) is 30.7 Å². The van der Waals surface area contributed by atoms with Crippen molar-refractivity contribution < 1.29 is 28.3 Å². The second-order valence-corrected chi connectivity index (χ2v) is 14.5. The first-order valence-corrected chi connectivity index (χ1v) is 18.7. The molecule has 3 nitrogen and oxygen atoms in total. The van der Waals surface area contributed by atoms with Crippen molar-refractivity contribution in [3.05, 3.63) is 185 Å². The molecular formula is C50H41IrN3S-2. The largest absolute Gasteiger partial charge is 0.332 e. The summed E-state index contributed by atoms with van der Waals surface area (Å²) in [5.74, 6) is 1.37. The molecule has 3 aromatic heterocycles. The Kier molecular flexibility index (Phi) is 9.25. The summed E-state index contributed by atoms with van der Waals surface area (Å²) in [4.78, 5) is 9.36. The van der Waals surface area contributed by atoms with Gasteiger partial charge in [0.1, 0.15) is 0 Å². The van der Waals surface area contributed by atoms with Crippen molar-refractivity contribution in [2.24, 2.45) is 0 Å². The Morgan fingerprint density at radius 1 is 0.709 bits per heavy atom. The Balaban J connectivity index is 0.000000226. The van der Waals surface area contributed by atoms with Crippen molar-refractivity contribution in [3.63, 3.8) is 0 Å². The van der Waals surface area contributed by atoms with Crippen LogP contribution in [0.4, 0.5) is 0 Å². The normalized spacial score (nSPS) is 13.1. The zero-order valence-corrected chi connectivity index (χ0v) is 33.8. The molecule has 55 heavy (non-hydrogen) atoms. The van der Waals surface area contributed by atoms with Gasteiger partial charge in [0.15, 0.2) is 0 Å². The number of nitrogens with zero attached hydrogens (tertiary/aromatic N) is 3. The van der Waals surface area contributed by atoms with Gasteiger partial charge >= 0.3 is 0 Å². The Bertz CT molecular complexity index is 2800. The van der Waals surface area contributed by atoms with E-state index in [4.69, 9.17) is 13.2 Å². The Morgan fingerprint density at radius 3 is 2.00 bits per heavy atom. The maximum atomic E-state index is 7.28. The van der Waals surface area contributed by atoms with E-state index in [0.29, 0.717) is 17.2 Å². The van der Waals surface area contributed by atoms with Crippen LogP contribution in [0.2, 0.25) is 0 Å². The SMILES string of the molecule is Cc1cc(-c2ccccc2)c(-n2c(-c3[c-]sc4ccc(C(C)C)cc34)nc3ccccc32)c(-c2ccccc2)c1.[2H]C([2H])([2H])c1c[c-]c(-c2ccc(C([2H])([2H])[2H])cn2)cc1.[Ir]. The molecule has 0 amide bonds. The van der Waals surface area contributed by atoms with E-state index in [2.05, 4.69) is 157 Å². The van der Waals surface area contributed by atoms with E-state index in [1.54, 1.807) is 23.5 Å². The number of thiophene rings is 1. The van der Waals surface area contributed by atoms with Gasteiger partial charge in [0.2, 0.25) is 0 Å². The summed E-state index contributed by atoms with van der Waals surface area (Å²) in [5.41, 5.74) is 13.1. The van der Waals surface area contributed by atoms with Crippen LogP contribution in [0, 0.1) is 32.1 Å². The molecule has 273 valence electrons. The van der Waals surface area contributed by atoms with Crippen LogP contribution >= 0.6 is 11.3 Å². The van der Waals surface area contributed by atoms with Crippen molar-refractivity contribution in [2.75, 3.05) is 0 Å². The maximum Gasteiger partial charge on any atom is 0.0774 e. The molecule has 0 aliphatic heterocycles.